The predicted octanol–water partition coefficient (Wildman–Crippen LogP) is 0.378. The van der Waals surface area contributed by atoms with Gasteiger partial charge in [-0.15, -0.1) is 0 Å². The molecule has 3 N–H and O–H groups in total. The van der Waals surface area contributed by atoms with Gasteiger partial charge in [-0.25, -0.2) is 4.98 Å². The molecule has 0 radical (unpaired) electrons. The Morgan fingerprint density at radius 1 is 1.50 bits per heavy atom. The fourth-order valence-electron chi connectivity index (χ4n) is 1.84. The smallest absolute Gasteiger partial charge is 0.257 e. The highest BCUT2D eigenvalue weighted by molar-refractivity contribution is 6.01. The summed E-state index contributed by atoms with van der Waals surface area (Å²) >= 11 is 0. The van der Waals surface area contributed by atoms with Crippen LogP contribution in [0.2, 0.25) is 0 Å². The summed E-state index contributed by atoms with van der Waals surface area (Å²) in [6.07, 6.45) is 2.18. The molecule has 1 amide bonds. The number of carbonyl (C=O) groups excluding carboxylic acids is 1. The first-order valence-corrected chi connectivity index (χ1v) is 6.17. The molecule has 106 valence electrons. The molecular formula is C13H17N5O2. The van der Waals surface area contributed by atoms with E-state index < -0.39 is 0 Å². The fraction of sp³-hybridized carbons (Fsp3) is 0.308. The summed E-state index contributed by atoms with van der Waals surface area (Å²) in [4.78, 5) is 16.2. The summed E-state index contributed by atoms with van der Waals surface area (Å²) in [7, 11) is 3.30. The van der Waals surface area contributed by atoms with E-state index in [-0.39, 0.29) is 5.91 Å². The Balaban J connectivity index is 1.98. The number of hydrogen-bond donors (Lipinski definition) is 2. The minimum Gasteiger partial charge on any atom is -0.496 e. The summed E-state index contributed by atoms with van der Waals surface area (Å²) in [6.45, 7) is 0.431. The zero-order chi connectivity index (χ0) is 14.5. The molecular weight excluding hydrogens is 258 g/mol. The van der Waals surface area contributed by atoms with E-state index in [2.05, 4.69) is 15.4 Å². The summed E-state index contributed by atoms with van der Waals surface area (Å²) in [6, 6.07) is 5.10. The number of ether oxygens (including phenoxy) is 1. The van der Waals surface area contributed by atoms with Crippen LogP contribution in [0.4, 0.5) is 5.69 Å². The van der Waals surface area contributed by atoms with Crippen molar-refractivity contribution in [2.45, 2.75) is 6.42 Å². The molecule has 0 aliphatic heterocycles. The molecule has 1 aromatic carbocycles. The average molecular weight is 275 g/mol. The topological polar surface area (TPSA) is 95.1 Å². The number of anilines is 1. The highest BCUT2D eigenvalue weighted by atomic mass is 16.5. The minimum atomic E-state index is -0.268. The SMILES string of the molecule is COc1cccc(N)c1C(=O)NCCc1ncn(C)n1. The van der Waals surface area contributed by atoms with Gasteiger partial charge in [0.2, 0.25) is 0 Å². The van der Waals surface area contributed by atoms with Crippen molar-refractivity contribution in [1.29, 1.82) is 0 Å². The Morgan fingerprint density at radius 3 is 2.95 bits per heavy atom. The van der Waals surface area contributed by atoms with Crippen LogP contribution in [0.1, 0.15) is 16.2 Å². The van der Waals surface area contributed by atoms with E-state index in [0.29, 0.717) is 35.8 Å². The Morgan fingerprint density at radius 2 is 2.30 bits per heavy atom. The summed E-state index contributed by atoms with van der Waals surface area (Å²) in [5.41, 5.74) is 6.55. The van der Waals surface area contributed by atoms with Crippen LogP contribution in [-0.4, -0.2) is 34.3 Å². The maximum Gasteiger partial charge on any atom is 0.257 e. The number of aryl methyl sites for hydroxylation is 1. The number of nitrogen functional groups attached to an aromatic ring is 1. The maximum absolute atomic E-state index is 12.1. The average Bonchev–Trinajstić information content (AvgIpc) is 2.83. The van der Waals surface area contributed by atoms with Crippen LogP contribution in [0.15, 0.2) is 24.5 Å². The minimum absolute atomic E-state index is 0.268. The first kappa shape index (κ1) is 13.9. The lowest BCUT2D eigenvalue weighted by Crippen LogP contribution is -2.27. The molecule has 0 saturated heterocycles. The van der Waals surface area contributed by atoms with E-state index in [4.69, 9.17) is 10.5 Å². The quantitative estimate of drug-likeness (QED) is 0.769. The molecule has 0 aliphatic carbocycles. The number of hydrogen-bond acceptors (Lipinski definition) is 5. The normalized spacial score (nSPS) is 10.3. The first-order valence-electron chi connectivity index (χ1n) is 6.17. The Bertz CT molecular complexity index is 609. The molecule has 1 aromatic heterocycles. The van der Waals surface area contributed by atoms with Crippen molar-refractivity contribution in [2.24, 2.45) is 7.05 Å². The van der Waals surface area contributed by atoms with Gasteiger partial charge in [0.25, 0.3) is 5.91 Å². The van der Waals surface area contributed by atoms with Crippen molar-refractivity contribution in [1.82, 2.24) is 20.1 Å². The number of rotatable bonds is 5. The lowest BCUT2D eigenvalue weighted by molar-refractivity contribution is 0.0952. The van der Waals surface area contributed by atoms with Crippen LogP contribution in [0.5, 0.6) is 5.75 Å². The Kier molecular flexibility index (Phi) is 4.19. The van der Waals surface area contributed by atoms with Crippen molar-refractivity contribution in [3.8, 4) is 5.75 Å². The van der Waals surface area contributed by atoms with Gasteiger partial charge < -0.3 is 15.8 Å². The number of nitrogens with zero attached hydrogens (tertiary/aromatic N) is 3. The molecule has 0 saturated carbocycles. The molecule has 20 heavy (non-hydrogen) atoms. The number of methoxy groups -OCH3 is 1. The molecule has 0 spiro atoms. The third kappa shape index (κ3) is 3.05. The van der Waals surface area contributed by atoms with Gasteiger partial charge in [0.05, 0.1) is 7.11 Å². The second-order valence-corrected chi connectivity index (χ2v) is 4.26. The monoisotopic (exact) mass is 275 g/mol. The van der Waals surface area contributed by atoms with Crippen LogP contribution in [0.3, 0.4) is 0 Å². The Hall–Kier alpha value is -2.57. The van der Waals surface area contributed by atoms with Crippen molar-refractivity contribution in [3.63, 3.8) is 0 Å². The molecule has 0 fully saturated rings. The number of aromatic nitrogens is 3. The molecule has 0 unspecified atom stereocenters. The molecule has 0 atom stereocenters. The van der Waals surface area contributed by atoms with E-state index in [1.54, 1.807) is 36.3 Å². The molecule has 1 heterocycles. The zero-order valence-electron chi connectivity index (χ0n) is 11.5. The zero-order valence-corrected chi connectivity index (χ0v) is 11.5. The summed E-state index contributed by atoms with van der Waals surface area (Å²) < 4.78 is 6.77. The number of carbonyl (C=O) groups is 1. The highest BCUT2D eigenvalue weighted by Crippen LogP contribution is 2.23. The van der Waals surface area contributed by atoms with Crippen LogP contribution >= 0.6 is 0 Å². The van der Waals surface area contributed by atoms with Gasteiger partial charge in [0, 0.05) is 25.7 Å². The van der Waals surface area contributed by atoms with Crippen molar-refractivity contribution < 1.29 is 9.53 Å². The second-order valence-electron chi connectivity index (χ2n) is 4.26. The summed E-state index contributed by atoms with van der Waals surface area (Å²) in [5.74, 6) is 0.871. The van der Waals surface area contributed by atoms with Gasteiger partial charge in [-0.2, -0.15) is 5.10 Å². The van der Waals surface area contributed by atoms with E-state index in [0.717, 1.165) is 0 Å². The van der Waals surface area contributed by atoms with Crippen LogP contribution in [0, 0.1) is 0 Å². The Labute approximate surface area is 116 Å². The molecule has 0 aliphatic rings. The summed E-state index contributed by atoms with van der Waals surface area (Å²) in [5, 5.41) is 6.92. The van der Waals surface area contributed by atoms with Crippen LogP contribution in [-0.2, 0) is 13.5 Å². The standard InChI is InChI=1S/C13H17N5O2/c1-18-8-16-11(17-18)6-7-15-13(19)12-9(14)4-3-5-10(12)20-2/h3-5,8H,6-7,14H2,1-2H3,(H,15,19). The van der Waals surface area contributed by atoms with Crippen LogP contribution < -0.4 is 15.8 Å². The number of benzene rings is 1. The molecule has 7 nitrogen and oxygen atoms in total. The first-order chi connectivity index (χ1) is 9.61. The lowest BCUT2D eigenvalue weighted by atomic mass is 10.1. The highest BCUT2D eigenvalue weighted by Gasteiger charge is 2.15. The van der Waals surface area contributed by atoms with E-state index in [1.165, 1.54) is 7.11 Å². The van der Waals surface area contributed by atoms with Gasteiger partial charge in [-0.05, 0) is 12.1 Å². The largest absolute Gasteiger partial charge is 0.496 e. The maximum atomic E-state index is 12.1. The number of nitrogens with two attached hydrogens (primary N) is 1. The molecule has 2 rings (SSSR count). The molecule has 0 bridgehead atoms. The van der Waals surface area contributed by atoms with Gasteiger partial charge in [-0.1, -0.05) is 6.07 Å². The van der Waals surface area contributed by atoms with Crippen molar-refractivity contribution in [2.75, 3.05) is 19.4 Å². The van der Waals surface area contributed by atoms with Crippen molar-refractivity contribution in [3.05, 3.63) is 35.9 Å². The number of nitrogens with one attached hydrogen (secondary N) is 1. The second kappa shape index (κ2) is 6.05. The predicted molar refractivity (Wildman–Crippen MR) is 74.4 cm³/mol. The van der Waals surface area contributed by atoms with Gasteiger partial charge in [0.15, 0.2) is 5.82 Å². The fourth-order valence-corrected chi connectivity index (χ4v) is 1.84. The van der Waals surface area contributed by atoms with E-state index >= 15 is 0 Å². The van der Waals surface area contributed by atoms with Gasteiger partial charge >= 0.3 is 0 Å². The van der Waals surface area contributed by atoms with Crippen molar-refractivity contribution >= 4 is 11.6 Å². The lowest BCUT2D eigenvalue weighted by Gasteiger charge is -2.11. The van der Waals surface area contributed by atoms with E-state index in [9.17, 15) is 4.79 Å². The third-order valence-electron chi connectivity index (χ3n) is 2.79. The number of amides is 1. The van der Waals surface area contributed by atoms with E-state index in [1.807, 2.05) is 0 Å². The van der Waals surface area contributed by atoms with Gasteiger partial charge in [0.1, 0.15) is 17.6 Å². The van der Waals surface area contributed by atoms with Crippen LogP contribution in [0.25, 0.3) is 0 Å². The molecule has 7 heteroatoms. The molecule has 2 aromatic rings. The van der Waals surface area contributed by atoms with Gasteiger partial charge in [-0.3, -0.25) is 9.48 Å². The third-order valence-corrected chi connectivity index (χ3v) is 2.79.